The first-order valence-corrected chi connectivity index (χ1v) is 5.36. The molecule has 0 saturated carbocycles. The Labute approximate surface area is 97.0 Å². The van der Waals surface area contributed by atoms with Gasteiger partial charge in [-0.05, 0) is 19.8 Å². The molecule has 0 aliphatic carbocycles. The standard InChI is InChI=1S/C10H16F3NO3/c1-9(17)2-4-14(5-3-9)6-7(8(15)16)10(11,12)13/h7,17H,2-6H2,1H3,(H,15,16). The van der Waals surface area contributed by atoms with Crippen molar-refractivity contribution in [1.29, 1.82) is 0 Å². The number of piperidine rings is 1. The predicted molar refractivity (Wildman–Crippen MR) is 53.5 cm³/mol. The molecule has 0 aromatic heterocycles. The second-order valence-corrected chi connectivity index (χ2v) is 4.73. The van der Waals surface area contributed by atoms with Crippen molar-refractivity contribution in [2.75, 3.05) is 19.6 Å². The molecule has 1 saturated heterocycles. The molecule has 0 spiro atoms. The van der Waals surface area contributed by atoms with Crippen molar-refractivity contribution in [2.24, 2.45) is 5.92 Å². The largest absolute Gasteiger partial charge is 0.481 e. The Morgan fingerprint density at radius 2 is 1.88 bits per heavy atom. The molecule has 4 nitrogen and oxygen atoms in total. The predicted octanol–water partition coefficient (Wildman–Crippen LogP) is 1.10. The zero-order chi connectivity index (χ0) is 13.3. The fraction of sp³-hybridized carbons (Fsp3) is 0.900. The van der Waals surface area contributed by atoms with Crippen LogP contribution in [0.15, 0.2) is 0 Å². The van der Waals surface area contributed by atoms with E-state index >= 15 is 0 Å². The summed E-state index contributed by atoms with van der Waals surface area (Å²) in [6, 6.07) is 0. The van der Waals surface area contributed by atoms with E-state index in [-0.39, 0.29) is 13.1 Å². The maximum atomic E-state index is 12.4. The van der Waals surface area contributed by atoms with Crippen LogP contribution in [-0.4, -0.2) is 52.5 Å². The van der Waals surface area contributed by atoms with Gasteiger partial charge in [0.05, 0.1) is 5.60 Å². The van der Waals surface area contributed by atoms with E-state index in [1.54, 1.807) is 6.92 Å². The zero-order valence-corrected chi connectivity index (χ0v) is 9.50. The molecule has 1 heterocycles. The molecule has 7 heteroatoms. The van der Waals surface area contributed by atoms with Crippen LogP contribution in [0.2, 0.25) is 0 Å². The highest BCUT2D eigenvalue weighted by Crippen LogP contribution is 2.29. The maximum absolute atomic E-state index is 12.4. The van der Waals surface area contributed by atoms with Crippen LogP contribution in [0.4, 0.5) is 13.2 Å². The van der Waals surface area contributed by atoms with E-state index < -0.39 is 30.2 Å². The monoisotopic (exact) mass is 255 g/mol. The van der Waals surface area contributed by atoms with Gasteiger partial charge < -0.3 is 15.1 Å². The highest BCUT2D eigenvalue weighted by Gasteiger charge is 2.46. The summed E-state index contributed by atoms with van der Waals surface area (Å²) in [7, 11) is 0. The van der Waals surface area contributed by atoms with Crippen LogP contribution in [-0.2, 0) is 4.79 Å². The van der Waals surface area contributed by atoms with Gasteiger partial charge in [0.15, 0.2) is 5.92 Å². The van der Waals surface area contributed by atoms with Gasteiger partial charge in [0.25, 0.3) is 0 Å². The van der Waals surface area contributed by atoms with E-state index in [9.17, 15) is 23.1 Å². The van der Waals surface area contributed by atoms with E-state index in [0.717, 1.165) is 0 Å². The normalized spacial score (nSPS) is 23.4. The molecule has 1 rings (SSSR count). The minimum absolute atomic E-state index is 0.285. The minimum atomic E-state index is -4.73. The van der Waals surface area contributed by atoms with Crippen LogP contribution >= 0.6 is 0 Å². The van der Waals surface area contributed by atoms with Gasteiger partial charge >= 0.3 is 12.1 Å². The lowest BCUT2D eigenvalue weighted by molar-refractivity contribution is -0.197. The van der Waals surface area contributed by atoms with Crippen LogP contribution in [0.1, 0.15) is 19.8 Å². The Bertz CT molecular complexity index is 281. The summed E-state index contributed by atoms with van der Waals surface area (Å²) >= 11 is 0. The molecular weight excluding hydrogens is 239 g/mol. The van der Waals surface area contributed by atoms with Gasteiger partial charge in [-0.1, -0.05) is 0 Å². The number of halogens is 3. The molecule has 1 atom stereocenters. The third-order valence-electron chi connectivity index (χ3n) is 3.07. The number of nitrogens with zero attached hydrogens (tertiary/aromatic N) is 1. The lowest BCUT2D eigenvalue weighted by Crippen LogP contribution is -2.47. The molecule has 1 unspecified atom stereocenters. The molecule has 1 aliphatic rings. The van der Waals surface area contributed by atoms with Crippen molar-refractivity contribution >= 4 is 5.97 Å². The summed E-state index contributed by atoms with van der Waals surface area (Å²) in [4.78, 5) is 12.0. The fourth-order valence-corrected chi connectivity index (χ4v) is 1.80. The average Bonchev–Trinajstić information content (AvgIpc) is 2.13. The molecule has 0 aromatic carbocycles. The lowest BCUT2D eigenvalue weighted by Gasteiger charge is -2.36. The Morgan fingerprint density at radius 3 is 2.24 bits per heavy atom. The third kappa shape index (κ3) is 4.16. The molecule has 17 heavy (non-hydrogen) atoms. The van der Waals surface area contributed by atoms with Crippen molar-refractivity contribution in [3.63, 3.8) is 0 Å². The molecule has 1 fully saturated rings. The molecule has 0 aromatic rings. The summed E-state index contributed by atoms with van der Waals surface area (Å²) in [6.45, 7) is 1.65. The number of hydrogen-bond donors (Lipinski definition) is 2. The topological polar surface area (TPSA) is 60.8 Å². The van der Waals surface area contributed by atoms with Crippen molar-refractivity contribution in [3.8, 4) is 0 Å². The van der Waals surface area contributed by atoms with Crippen LogP contribution in [0.5, 0.6) is 0 Å². The van der Waals surface area contributed by atoms with Crippen molar-refractivity contribution in [2.45, 2.75) is 31.5 Å². The second kappa shape index (κ2) is 4.81. The SMILES string of the molecule is CC1(O)CCN(CC(C(=O)O)C(F)(F)F)CC1. The minimum Gasteiger partial charge on any atom is -0.481 e. The summed E-state index contributed by atoms with van der Waals surface area (Å²) in [5.41, 5.74) is -0.854. The van der Waals surface area contributed by atoms with Gasteiger partial charge in [0.2, 0.25) is 0 Å². The zero-order valence-electron chi connectivity index (χ0n) is 9.50. The number of carboxylic acid groups (broad SMARTS) is 1. The van der Waals surface area contributed by atoms with E-state index in [1.807, 2.05) is 0 Å². The van der Waals surface area contributed by atoms with Gasteiger partial charge in [-0.25, -0.2) is 0 Å². The first-order valence-electron chi connectivity index (χ1n) is 5.36. The van der Waals surface area contributed by atoms with E-state index in [2.05, 4.69) is 0 Å². The Morgan fingerprint density at radius 1 is 1.41 bits per heavy atom. The van der Waals surface area contributed by atoms with Gasteiger partial charge in [-0.3, -0.25) is 4.79 Å². The van der Waals surface area contributed by atoms with Crippen LogP contribution in [0.3, 0.4) is 0 Å². The molecule has 0 amide bonds. The molecular formula is C10H16F3NO3. The molecule has 100 valence electrons. The van der Waals surface area contributed by atoms with E-state index in [0.29, 0.717) is 12.8 Å². The van der Waals surface area contributed by atoms with Gasteiger partial charge in [0, 0.05) is 19.6 Å². The van der Waals surface area contributed by atoms with E-state index in [1.165, 1.54) is 4.90 Å². The summed E-state index contributed by atoms with van der Waals surface area (Å²) < 4.78 is 37.3. The second-order valence-electron chi connectivity index (χ2n) is 4.73. The smallest absolute Gasteiger partial charge is 0.403 e. The first-order chi connectivity index (χ1) is 7.62. The number of carbonyl (C=O) groups is 1. The summed E-state index contributed by atoms with van der Waals surface area (Å²) in [5, 5.41) is 18.2. The number of aliphatic hydroxyl groups is 1. The van der Waals surface area contributed by atoms with Crippen molar-refractivity contribution in [3.05, 3.63) is 0 Å². The number of hydrogen-bond acceptors (Lipinski definition) is 3. The fourth-order valence-electron chi connectivity index (χ4n) is 1.80. The molecule has 1 aliphatic heterocycles. The Balaban J connectivity index is 2.56. The maximum Gasteiger partial charge on any atom is 0.403 e. The van der Waals surface area contributed by atoms with Crippen LogP contribution < -0.4 is 0 Å². The number of alkyl halides is 3. The van der Waals surface area contributed by atoms with Gasteiger partial charge in [-0.15, -0.1) is 0 Å². The number of likely N-dealkylation sites (tertiary alicyclic amines) is 1. The van der Waals surface area contributed by atoms with Crippen LogP contribution in [0, 0.1) is 5.92 Å². The molecule has 0 radical (unpaired) electrons. The Hall–Kier alpha value is -0.820. The third-order valence-corrected chi connectivity index (χ3v) is 3.07. The highest BCUT2D eigenvalue weighted by atomic mass is 19.4. The molecule has 0 bridgehead atoms. The van der Waals surface area contributed by atoms with Crippen LogP contribution in [0.25, 0.3) is 0 Å². The number of aliphatic carboxylic acids is 1. The number of carboxylic acids is 1. The quantitative estimate of drug-likeness (QED) is 0.792. The first kappa shape index (κ1) is 14.2. The Kier molecular flexibility index (Phi) is 4.03. The van der Waals surface area contributed by atoms with Crippen molar-refractivity contribution < 1.29 is 28.2 Å². The van der Waals surface area contributed by atoms with Gasteiger partial charge in [-0.2, -0.15) is 13.2 Å². The summed E-state index contributed by atoms with van der Waals surface area (Å²) in [5.74, 6) is -4.21. The number of rotatable bonds is 3. The van der Waals surface area contributed by atoms with Crippen molar-refractivity contribution in [1.82, 2.24) is 4.90 Å². The van der Waals surface area contributed by atoms with Gasteiger partial charge in [0.1, 0.15) is 0 Å². The molecule has 2 N–H and O–H groups in total. The average molecular weight is 255 g/mol. The highest BCUT2D eigenvalue weighted by molar-refractivity contribution is 5.71. The van der Waals surface area contributed by atoms with E-state index in [4.69, 9.17) is 5.11 Å². The summed E-state index contributed by atoms with van der Waals surface area (Å²) in [6.07, 6.45) is -4.01. The lowest BCUT2D eigenvalue weighted by atomic mass is 9.93.